The molecule has 3 aromatic rings. The van der Waals surface area contributed by atoms with Crippen molar-refractivity contribution in [2.75, 3.05) is 13.7 Å². The molecule has 0 aromatic heterocycles. The molecular formula is C24H20BrCl2N3O6. The van der Waals surface area contributed by atoms with E-state index in [0.29, 0.717) is 38.2 Å². The number of carbonyl (C=O) groups is 1. The largest absolute Gasteiger partial charge is 0.496 e. The van der Waals surface area contributed by atoms with E-state index in [1.165, 1.54) is 25.5 Å². The molecule has 12 heteroatoms. The number of amides is 1. The van der Waals surface area contributed by atoms with Gasteiger partial charge in [-0.1, -0.05) is 29.3 Å². The minimum atomic E-state index is -0.671. The van der Waals surface area contributed by atoms with Gasteiger partial charge in [0.05, 0.1) is 34.9 Å². The van der Waals surface area contributed by atoms with Crippen molar-refractivity contribution >= 4 is 56.9 Å². The molecule has 188 valence electrons. The van der Waals surface area contributed by atoms with Crippen molar-refractivity contribution in [3.05, 3.63) is 89.9 Å². The van der Waals surface area contributed by atoms with E-state index in [2.05, 4.69) is 26.5 Å². The van der Waals surface area contributed by atoms with Crippen LogP contribution in [-0.2, 0) is 6.61 Å². The molecule has 0 aliphatic rings. The van der Waals surface area contributed by atoms with Gasteiger partial charge in [-0.15, -0.1) is 0 Å². The van der Waals surface area contributed by atoms with Gasteiger partial charge in [-0.3, -0.25) is 14.9 Å². The Kier molecular flexibility index (Phi) is 9.51. The highest BCUT2D eigenvalue weighted by molar-refractivity contribution is 9.10. The van der Waals surface area contributed by atoms with Crippen LogP contribution >= 0.6 is 39.1 Å². The normalized spacial score (nSPS) is 10.8. The van der Waals surface area contributed by atoms with Crippen LogP contribution in [0.5, 0.6) is 17.2 Å². The van der Waals surface area contributed by atoms with Gasteiger partial charge in [0, 0.05) is 27.7 Å². The maximum atomic E-state index is 12.5. The third-order valence-electron chi connectivity index (χ3n) is 4.74. The number of rotatable bonds is 10. The molecule has 0 bridgehead atoms. The SMILES string of the molecule is CCOc1cc(/C=N\NC(=O)c2cc([N+](=O)[O-])ccc2OC)cc(Br)c1OCc1ccc(Cl)cc1Cl. The van der Waals surface area contributed by atoms with E-state index in [1.54, 1.807) is 30.3 Å². The molecule has 0 saturated heterocycles. The summed E-state index contributed by atoms with van der Waals surface area (Å²) in [6, 6.07) is 12.3. The summed E-state index contributed by atoms with van der Waals surface area (Å²) >= 11 is 15.7. The van der Waals surface area contributed by atoms with Crippen LogP contribution in [0, 0.1) is 10.1 Å². The molecule has 1 N–H and O–H groups in total. The number of methoxy groups -OCH3 is 1. The number of benzene rings is 3. The predicted octanol–water partition coefficient (Wildman–Crippen LogP) is 6.41. The van der Waals surface area contributed by atoms with Crippen LogP contribution in [0.1, 0.15) is 28.4 Å². The van der Waals surface area contributed by atoms with Crippen LogP contribution in [-0.4, -0.2) is 30.8 Å². The summed E-state index contributed by atoms with van der Waals surface area (Å²) in [4.78, 5) is 23.0. The number of nitrogens with one attached hydrogen (secondary N) is 1. The second-order valence-electron chi connectivity index (χ2n) is 7.13. The Bertz CT molecular complexity index is 1320. The molecule has 0 radical (unpaired) electrons. The third-order valence-corrected chi connectivity index (χ3v) is 5.91. The van der Waals surface area contributed by atoms with Gasteiger partial charge in [-0.05, 0) is 58.7 Å². The average molecular weight is 597 g/mol. The molecule has 36 heavy (non-hydrogen) atoms. The maximum absolute atomic E-state index is 12.5. The first-order chi connectivity index (χ1) is 17.2. The fourth-order valence-corrected chi connectivity index (χ4v) is 4.10. The van der Waals surface area contributed by atoms with Gasteiger partial charge in [-0.25, -0.2) is 5.43 Å². The van der Waals surface area contributed by atoms with Crippen molar-refractivity contribution in [3.8, 4) is 17.2 Å². The van der Waals surface area contributed by atoms with Crippen molar-refractivity contribution < 1.29 is 23.9 Å². The number of carbonyl (C=O) groups excluding carboxylic acids is 1. The van der Waals surface area contributed by atoms with Gasteiger partial charge >= 0.3 is 0 Å². The second kappa shape index (κ2) is 12.6. The Morgan fingerprint density at radius 2 is 1.92 bits per heavy atom. The van der Waals surface area contributed by atoms with Gasteiger partial charge in [0.25, 0.3) is 11.6 Å². The number of non-ortho nitro benzene ring substituents is 1. The lowest BCUT2D eigenvalue weighted by atomic mass is 10.1. The molecule has 0 atom stereocenters. The van der Waals surface area contributed by atoms with E-state index in [-0.39, 0.29) is 23.6 Å². The molecule has 0 saturated carbocycles. The van der Waals surface area contributed by atoms with Crippen molar-refractivity contribution in [3.63, 3.8) is 0 Å². The fourth-order valence-electron chi connectivity index (χ4n) is 3.07. The number of hydrazone groups is 1. The van der Waals surface area contributed by atoms with Gasteiger partial charge in [0.1, 0.15) is 12.4 Å². The van der Waals surface area contributed by atoms with E-state index >= 15 is 0 Å². The van der Waals surface area contributed by atoms with Crippen LogP contribution < -0.4 is 19.6 Å². The Morgan fingerprint density at radius 1 is 1.14 bits per heavy atom. The molecule has 0 heterocycles. The molecule has 0 unspecified atom stereocenters. The summed E-state index contributed by atoms with van der Waals surface area (Å²) in [5.41, 5.74) is 3.42. The molecule has 0 fully saturated rings. The summed E-state index contributed by atoms with van der Waals surface area (Å²) in [6.45, 7) is 2.40. The van der Waals surface area contributed by atoms with Crippen molar-refractivity contribution in [2.24, 2.45) is 5.10 Å². The number of nitrogens with zero attached hydrogens (tertiary/aromatic N) is 2. The fraction of sp³-hybridized carbons (Fsp3) is 0.167. The zero-order valence-corrected chi connectivity index (χ0v) is 22.2. The average Bonchev–Trinajstić information content (AvgIpc) is 2.84. The maximum Gasteiger partial charge on any atom is 0.275 e. The molecule has 3 rings (SSSR count). The van der Waals surface area contributed by atoms with Gasteiger partial charge in [-0.2, -0.15) is 5.10 Å². The predicted molar refractivity (Wildman–Crippen MR) is 141 cm³/mol. The van der Waals surface area contributed by atoms with Crippen LogP contribution in [0.25, 0.3) is 0 Å². The van der Waals surface area contributed by atoms with Crippen molar-refractivity contribution in [2.45, 2.75) is 13.5 Å². The van der Waals surface area contributed by atoms with Crippen LogP contribution in [0.3, 0.4) is 0 Å². The third kappa shape index (κ3) is 6.87. The second-order valence-corrected chi connectivity index (χ2v) is 8.83. The quantitative estimate of drug-likeness (QED) is 0.164. The monoisotopic (exact) mass is 595 g/mol. The summed E-state index contributed by atoms with van der Waals surface area (Å²) in [7, 11) is 1.36. The molecule has 0 aliphatic heterocycles. The first-order valence-electron chi connectivity index (χ1n) is 10.4. The minimum Gasteiger partial charge on any atom is -0.496 e. The topological polar surface area (TPSA) is 112 Å². The van der Waals surface area contributed by atoms with Crippen molar-refractivity contribution in [1.82, 2.24) is 5.43 Å². The van der Waals surface area contributed by atoms with E-state index in [1.807, 2.05) is 6.92 Å². The van der Waals surface area contributed by atoms with Crippen LogP contribution in [0.4, 0.5) is 5.69 Å². The molecule has 1 amide bonds. The Hall–Kier alpha value is -3.34. The molecule has 9 nitrogen and oxygen atoms in total. The van der Waals surface area contributed by atoms with Gasteiger partial charge < -0.3 is 14.2 Å². The zero-order valence-electron chi connectivity index (χ0n) is 19.1. The van der Waals surface area contributed by atoms with Crippen LogP contribution in [0.15, 0.2) is 58.1 Å². The minimum absolute atomic E-state index is 0.0235. The Morgan fingerprint density at radius 3 is 2.58 bits per heavy atom. The number of nitro groups is 1. The van der Waals surface area contributed by atoms with E-state index in [4.69, 9.17) is 37.4 Å². The molecule has 3 aromatic carbocycles. The molecular weight excluding hydrogens is 577 g/mol. The van der Waals surface area contributed by atoms with Gasteiger partial charge in [0.15, 0.2) is 11.5 Å². The highest BCUT2D eigenvalue weighted by atomic mass is 79.9. The zero-order chi connectivity index (χ0) is 26.2. The molecule has 0 aliphatic carbocycles. The number of hydrogen-bond acceptors (Lipinski definition) is 7. The Balaban J connectivity index is 1.77. The van der Waals surface area contributed by atoms with Gasteiger partial charge in [0.2, 0.25) is 0 Å². The lowest BCUT2D eigenvalue weighted by molar-refractivity contribution is -0.384. The van der Waals surface area contributed by atoms with E-state index < -0.39 is 10.8 Å². The van der Waals surface area contributed by atoms with Crippen molar-refractivity contribution in [1.29, 1.82) is 0 Å². The highest BCUT2D eigenvalue weighted by Gasteiger charge is 2.17. The summed E-state index contributed by atoms with van der Waals surface area (Å²) in [5.74, 6) is 0.420. The Labute approximate surface area is 225 Å². The van der Waals surface area contributed by atoms with E-state index in [9.17, 15) is 14.9 Å². The summed E-state index contributed by atoms with van der Waals surface area (Å²) in [5, 5.41) is 16.0. The molecule has 0 spiro atoms. The smallest absolute Gasteiger partial charge is 0.275 e. The number of hydrogen-bond donors (Lipinski definition) is 1. The summed E-state index contributed by atoms with van der Waals surface area (Å²) < 4.78 is 17.4. The van der Waals surface area contributed by atoms with Crippen LogP contribution in [0.2, 0.25) is 10.0 Å². The first kappa shape index (κ1) is 27.3. The number of halogens is 3. The lowest BCUT2D eigenvalue weighted by Crippen LogP contribution is -2.18. The highest BCUT2D eigenvalue weighted by Crippen LogP contribution is 2.37. The lowest BCUT2D eigenvalue weighted by Gasteiger charge is -2.15. The summed E-state index contributed by atoms with van der Waals surface area (Å²) in [6.07, 6.45) is 1.40. The number of nitro benzene ring substituents is 1. The van der Waals surface area contributed by atoms with E-state index in [0.717, 1.165) is 11.6 Å². The standard InChI is InChI=1S/C24H20BrCl2N3O6/c1-3-35-22-9-14(8-19(25)23(22)36-13-15-4-5-16(26)10-20(15)27)12-28-29-24(31)18-11-17(30(32)33)6-7-21(18)34-2/h4-12H,3,13H2,1-2H3,(H,29,31)/b28-12-. The number of ether oxygens (including phenoxy) is 3. The first-order valence-corrected chi connectivity index (χ1v) is 12.0.